The number of oxime groups is 1. The molecule has 1 aromatic carbocycles. The number of aromatic nitrogens is 3. The van der Waals surface area contributed by atoms with Gasteiger partial charge < -0.3 is 9.57 Å². The summed E-state index contributed by atoms with van der Waals surface area (Å²) >= 11 is 2.67. The maximum atomic E-state index is 12.4. The Bertz CT molecular complexity index is 1060. The van der Waals surface area contributed by atoms with Crippen molar-refractivity contribution in [3.63, 3.8) is 0 Å². The molecule has 10 heteroatoms. The summed E-state index contributed by atoms with van der Waals surface area (Å²) < 4.78 is 9.85. The topological polar surface area (TPSA) is 98.6 Å². The van der Waals surface area contributed by atoms with E-state index in [2.05, 4.69) is 25.0 Å². The molecule has 32 heavy (non-hydrogen) atoms. The van der Waals surface area contributed by atoms with E-state index in [0.29, 0.717) is 22.2 Å². The van der Waals surface area contributed by atoms with Gasteiger partial charge in [0.15, 0.2) is 11.7 Å². The lowest BCUT2D eigenvalue weighted by Crippen LogP contribution is -2.30. The normalized spacial score (nSPS) is 15.6. The fourth-order valence-electron chi connectivity index (χ4n) is 3.45. The van der Waals surface area contributed by atoms with E-state index in [1.54, 1.807) is 6.92 Å². The number of carbonyl (C=O) groups excluding carboxylic acids is 1. The zero-order valence-corrected chi connectivity index (χ0v) is 19.6. The van der Waals surface area contributed by atoms with Crippen molar-refractivity contribution in [2.45, 2.75) is 58.3 Å². The molecule has 1 N–H and O–H groups in total. The number of hydrogen-bond donors (Lipinski definition) is 1. The van der Waals surface area contributed by atoms with Gasteiger partial charge in [0.1, 0.15) is 17.5 Å². The van der Waals surface area contributed by atoms with Gasteiger partial charge in [-0.3, -0.25) is 10.1 Å². The second-order valence-corrected chi connectivity index (χ2v) is 9.39. The van der Waals surface area contributed by atoms with E-state index in [4.69, 9.17) is 9.57 Å². The summed E-state index contributed by atoms with van der Waals surface area (Å²) in [6.07, 6.45) is 4.07. The predicted octanol–water partition coefficient (Wildman–Crippen LogP) is 4.56. The van der Waals surface area contributed by atoms with Gasteiger partial charge in [0.2, 0.25) is 0 Å². The van der Waals surface area contributed by atoms with Crippen LogP contribution in [0.25, 0.3) is 0 Å². The molecule has 2 heterocycles. The Morgan fingerprint density at radius 2 is 2.06 bits per heavy atom. The molecule has 1 aliphatic rings. The second kappa shape index (κ2) is 10.8. The number of ether oxygens (including phenoxy) is 1. The van der Waals surface area contributed by atoms with Crippen LogP contribution in [-0.4, -0.2) is 38.4 Å². The average Bonchev–Trinajstić information content (AvgIpc) is 3.55. The quantitative estimate of drug-likeness (QED) is 0.363. The van der Waals surface area contributed by atoms with Crippen LogP contribution in [0.3, 0.4) is 0 Å². The molecule has 168 valence electrons. The Morgan fingerprint density at radius 3 is 2.78 bits per heavy atom. The highest BCUT2D eigenvalue weighted by molar-refractivity contribution is 7.13. The third kappa shape index (κ3) is 5.76. The molecule has 1 amide bonds. The lowest BCUT2D eigenvalue weighted by Gasteiger charge is -2.17. The van der Waals surface area contributed by atoms with Crippen LogP contribution in [0.1, 0.15) is 54.4 Å². The summed E-state index contributed by atoms with van der Waals surface area (Å²) in [4.78, 5) is 23.4. The molecule has 0 spiro atoms. The van der Waals surface area contributed by atoms with Crippen LogP contribution in [0, 0.1) is 6.92 Å². The minimum Gasteiger partial charge on any atom is -0.389 e. The molecule has 3 aromatic rings. The number of amides is 1. The molecule has 2 aromatic heterocycles. The van der Waals surface area contributed by atoms with Crippen LogP contribution in [0.2, 0.25) is 0 Å². The summed E-state index contributed by atoms with van der Waals surface area (Å²) in [5, 5.41) is 13.7. The average molecular weight is 472 g/mol. The van der Waals surface area contributed by atoms with Crippen molar-refractivity contribution in [1.82, 2.24) is 14.6 Å². The number of rotatable bonds is 9. The third-order valence-electron chi connectivity index (χ3n) is 5.14. The Kier molecular flexibility index (Phi) is 7.56. The molecule has 0 aliphatic heterocycles. The number of hydrogen-bond acceptors (Lipinski definition) is 9. The van der Waals surface area contributed by atoms with Crippen LogP contribution in [-0.2, 0) is 21.0 Å². The van der Waals surface area contributed by atoms with Gasteiger partial charge in [0, 0.05) is 10.9 Å². The molecule has 0 saturated heterocycles. The molecule has 1 aliphatic carbocycles. The predicted molar refractivity (Wildman–Crippen MR) is 125 cm³/mol. The van der Waals surface area contributed by atoms with Gasteiger partial charge >= 0.3 is 0 Å². The first-order chi connectivity index (χ1) is 15.6. The Hall–Kier alpha value is -2.69. The van der Waals surface area contributed by atoms with Crippen molar-refractivity contribution in [1.29, 1.82) is 0 Å². The van der Waals surface area contributed by atoms with Crippen LogP contribution >= 0.6 is 22.9 Å². The van der Waals surface area contributed by atoms with Crippen LogP contribution < -0.4 is 5.32 Å². The first-order valence-electron chi connectivity index (χ1n) is 10.6. The van der Waals surface area contributed by atoms with Crippen molar-refractivity contribution < 1.29 is 14.4 Å². The highest BCUT2D eigenvalue weighted by Crippen LogP contribution is 2.23. The summed E-state index contributed by atoms with van der Waals surface area (Å²) in [5.41, 5.74) is 2.90. The second-order valence-electron chi connectivity index (χ2n) is 7.58. The molecule has 1 fully saturated rings. The zero-order chi connectivity index (χ0) is 22.3. The van der Waals surface area contributed by atoms with Gasteiger partial charge in [0.25, 0.3) is 5.91 Å². The molecule has 0 radical (unpaired) electrons. The van der Waals surface area contributed by atoms with E-state index in [0.717, 1.165) is 23.3 Å². The van der Waals surface area contributed by atoms with Crippen molar-refractivity contribution in [2.75, 3.05) is 5.32 Å². The molecule has 8 nitrogen and oxygen atoms in total. The summed E-state index contributed by atoms with van der Waals surface area (Å²) in [6.45, 7) is 3.90. The maximum absolute atomic E-state index is 12.4. The summed E-state index contributed by atoms with van der Waals surface area (Å²) in [5.74, 6) is -0.186. The zero-order valence-electron chi connectivity index (χ0n) is 18.0. The molecular weight excluding hydrogens is 446 g/mol. The van der Waals surface area contributed by atoms with Crippen molar-refractivity contribution in [2.24, 2.45) is 5.16 Å². The number of carbonyl (C=O) groups is 1. The van der Waals surface area contributed by atoms with Gasteiger partial charge in [-0.25, -0.2) is 4.98 Å². The number of nitrogens with one attached hydrogen (secondary N) is 1. The van der Waals surface area contributed by atoms with E-state index in [1.807, 2.05) is 42.6 Å². The number of anilines is 1. The van der Waals surface area contributed by atoms with Gasteiger partial charge in [-0.2, -0.15) is 0 Å². The number of thiazole rings is 1. The minimum absolute atomic E-state index is 0.174. The number of nitrogens with zero attached hydrogens (tertiary/aromatic N) is 4. The number of benzene rings is 1. The van der Waals surface area contributed by atoms with Crippen molar-refractivity contribution >= 4 is 39.6 Å². The van der Waals surface area contributed by atoms with Gasteiger partial charge in [-0.15, -0.1) is 16.4 Å². The number of aryl methyl sites for hydroxylation is 1. The smallest absolute Gasteiger partial charge is 0.255 e. The van der Waals surface area contributed by atoms with Gasteiger partial charge in [-0.1, -0.05) is 52.8 Å². The standard InChI is InChI=1S/C22H25N5O3S2/c1-14(30-18-10-6-7-11-18)21(28)24-22-23-17(13-31-22)12-29-26-20(16-8-4-3-5-9-16)19-15(2)32-27-25-19/h3-5,8-9,13-14,18H,6-7,10-12H2,1-2H3,(H,23,24,28)/b26-20+. The molecule has 1 unspecified atom stereocenters. The Labute approximate surface area is 194 Å². The monoisotopic (exact) mass is 471 g/mol. The molecular formula is C22H25N5O3S2. The molecule has 1 atom stereocenters. The largest absolute Gasteiger partial charge is 0.389 e. The lowest BCUT2D eigenvalue weighted by atomic mass is 10.1. The fourth-order valence-corrected chi connectivity index (χ4v) is 4.62. The summed E-state index contributed by atoms with van der Waals surface area (Å²) in [7, 11) is 0. The molecule has 1 saturated carbocycles. The Balaban J connectivity index is 1.36. The van der Waals surface area contributed by atoms with Gasteiger partial charge in [-0.05, 0) is 38.2 Å². The molecule has 4 rings (SSSR count). The maximum Gasteiger partial charge on any atom is 0.255 e. The van der Waals surface area contributed by atoms with E-state index >= 15 is 0 Å². The third-order valence-corrected chi connectivity index (χ3v) is 6.58. The first kappa shape index (κ1) is 22.5. The Morgan fingerprint density at radius 1 is 1.28 bits per heavy atom. The van der Waals surface area contributed by atoms with Crippen molar-refractivity contribution in [3.05, 3.63) is 57.5 Å². The van der Waals surface area contributed by atoms with E-state index < -0.39 is 6.10 Å². The summed E-state index contributed by atoms with van der Waals surface area (Å²) in [6, 6.07) is 9.72. The van der Waals surface area contributed by atoms with E-state index in [-0.39, 0.29) is 18.6 Å². The molecule has 0 bridgehead atoms. The SMILES string of the molecule is Cc1snnc1/C(=N/OCc1csc(NC(=O)C(C)OC2CCCC2)n1)c1ccccc1. The van der Waals surface area contributed by atoms with Crippen LogP contribution in [0.15, 0.2) is 40.9 Å². The van der Waals surface area contributed by atoms with E-state index in [1.165, 1.54) is 35.7 Å². The fraction of sp³-hybridized carbons (Fsp3) is 0.409. The van der Waals surface area contributed by atoms with Crippen LogP contribution in [0.5, 0.6) is 0 Å². The first-order valence-corrected chi connectivity index (χ1v) is 12.2. The van der Waals surface area contributed by atoms with E-state index in [9.17, 15) is 4.79 Å². The van der Waals surface area contributed by atoms with Gasteiger partial charge in [0.05, 0.1) is 16.7 Å². The van der Waals surface area contributed by atoms with Crippen molar-refractivity contribution in [3.8, 4) is 0 Å². The minimum atomic E-state index is -0.505. The lowest BCUT2D eigenvalue weighted by molar-refractivity contribution is -0.129. The van der Waals surface area contributed by atoms with Crippen LogP contribution in [0.4, 0.5) is 5.13 Å². The highest BCUT2D eigenvalue weighted by atomic mass is 32.1. The highest BCUT2D eigenvalue weighted by Gasteiger charge is 2.23.